The van der Waals surface area contributed by atoms with E-state index in [1.54, 1.807) is 0 Å². The summed E-state index contributed by atoms with van der Waals surface area (Å²) in [4.78, 5) is 34.9. The number of rotatable bonds is 6. The summed E-state index contributed by atoms with van der Waals surface area (Å²) < 4.78 is 87.2. The number of halogens is 4. The Morgan fingerprint density at radius 3 is 2.17 bits per heavy atom. The second-order valence-corrected chi connectivity index (χ2v) is 10.5. The largest absolute Gasteiger partial charge is 0.516 e. The number of sulfonamides is 1. The van der Waals surface area contributed by atoms with E-state index in [1.807, 2.05) is 0 Å². The fraction of sp³-hybridized carbons (Fsp3) is 0.476. The van der Waals surface area contributed by atoms with Crippen LogP contribution in [0.2, 0.25) is 0 Å². The highest BCUT2D eigenvalue weighted by Gasteiger charge is 2.53. The molecule has 2 aromatic rings. The number of carboxylic acid groups (broad SMARTS) is 2. The molecule has 2 aliphatic rings. The molecule has 2 fully saturated rings. The summed E-state index contributed by atoms with van der Waals surface area (Å²) in [7, 11) is -6.12. The predicted molar refractivity (Wildman–Crippen MR) is 116 cm³/mol. The topological polar surface area (TPSA) is 143 Å². The zero-order chi connectivity index (χ0) is 26.6. The number of aromatic nitrogens is 1. The molecule has 0 spiro atoms. The summed E-state index contributed by atoms with van der Waals surface area (Å²) in [5, 5.41) is 17.7. The van der Waals surface area contributed by atoms with Crippen LogP contribution in [0.4, 0.5) is 28.0 Å². The van der Waals surface area contributed by atoms with Gasteiger partial charge < -0.3 is 19.5 Å². The molecule has 0 aliphatic heterocycles. The average molecular weight is 536 g/mol. The number of hydrogen-bond acceptors (Lipinski definition) is 6. The minimum Gasteiger partial charge on any atom is -0.481 e. The number of carboxylic acids is 1. The van der Waals surface area contributed by atoms with Crippen LogP contribution < -0.4 is 14.5 Å². The molecule has 15 heteroatoms. The van der Waals surface area contributed by atoms with Crippen LogP contribution in [0.15, 0.2) is 23.1 Å². The Hall–Kier alpha value is -3.36. The van der Waals surface area contributed by atoms with Crippen molar-refractivity contribution < 1.29 is 50.5 Å². The first kappa shape index (κ1) is 25.7. The van der Waals surface area contributed by atoms with Gasteiger partial charge in [-0.25, -0.2) is 9.18 Å². The number of anilines is 1. The van der Waals surface area contributed by atoms with Gasteiger partial charge in [-0.05, 0) is 50.7 Å². The molecule has 36 heavy (non-hydrogen) atoms. The van der Waals surface area contributed by atoms with Crippen molar-refractivity contribution in [3.8, 4) is 5.75 Å². The lowest BCUT2D eigenvalue weighted by Gasteiger charge is -2.37. The fourth-order valence-electron chi connectivity index (χ4n) is 4.52. The van der Waals surface area contributed by atoms with Crippen molar-refractivity contribution >= 4 is 38.7 Å². The number of benzene rings is 1. The second kappa shape index (κ2) is 8.94. The van der Waals surface area contributed by atoms with E-state index in [4.69, 9.17) is 5.11 Å². The Kier molecular flexibility index (Phi) is 6.39. The van der Waals surface area contributed by atoms with Gasteiger partial charge in [-0.2, -0.15) is 21.6 Å². The second-order valence-electron chi connectivity index (χ2n) is 8.74. The SMILES string of the molecule is O=C(O)Oc1cn(C2CC2)c2cc(N(C3CCC(C(=O)O)CC3)S(=O)(=O)C(F)(F)F)c(F)cc2c1=O. The molecule has 4 rings (SSSR count). The predicted octanol–water partition coefficient (Wildman–Crippen LogP) is 3.83. The standard InChI is InChI=1S/C21H20F4N2O8S/c22-14-7-13-15(26(11-5-6-11)9-17(18(13)28)35-20(31)32)8-16(14)27(36(33,34)21(23,24)25)12-3-1-10(2-4-12)19(29)30/h7-12H,1-6H2,(H,29,30)(H,31,32). The van der Waals surface area contributed by atoms with Crippen molar-refractivity contribution in [1.82, 2.24) is 4.57 Å². The Labute approximate surface area is 200 Å². The molecular formula is C21H20F4N2O8S. The monoisotopic (exact) mass is 536 g/mol. The van der Waals surface area contributed by atoms with Gasteiger partial charge in [0.25, 0.3) is 0 Å². The third-order valence-corrected chi connectivity index (χ3v) is 7.97. The number of nitrogens with zero attached hydrogens (tertiary/aromatic N) is 2. The van der Waals surface area contributed by atoms with Crippen molar-refractivity contribution in [1.29, 1.82) is 0 Å². The van der Waals surface area contributed by atoms with E-state index in [-0.39, 0.29) is 41.5 Å². The van der Waals surface area contributed by atoms with Crippen LogP contribution in [0.3, 0.4) is 0 Å². The molecule has 0 amide bonds. The van der Waals surface area contributed by atoms with Crippen LogP contribution in [0.1, 0.15) is 44.6 Å². The molecule has 0 bridgehead atoms. The van der Waals surface area contributed by atoms with Crippen LogP contribution in [0, 0.1) is 11.7 Å². The maximum Gasteiger partial charge on any atom is 0.516 e. The van der Waals surface area contributed by atoms with E-state index in [2.05, 4.69) is 4.74 Å². The summed E-state index contributed by atoms with van der Waals surface area (Å²) in [6.45, 7) is 0. The number of ether oxygens (including phenoxy) is 1. The van der Waals surface area contributed by atoms with Gasteiger partial charge in [0, 0.05) is 12.1 Å². The highest BCUT2D eigenvalue weighted by molar-refractivity contribution is 7.93. The summed E-state index contributed by atoms with van der Waals surface area (Å²) in [5.41, 5.74) is -7.87. The smallest absolute Gasteiger partial charge is 0.481 e. The van der Waals surface area contributed by atoms with E-state index in [9.17, 15) is 41.1 Å². The van der Waals surface area contributed by atoms with Gasteiger partial charge in [-0.3, -0.25) is 13.9 Å². The molecular weight excluding hydrogens is 516 g/mol. The van der Waals surface area contributed by atoms with Crippen molar-refractivity contribution in [3.05, 3.63) is 34.4 Å². The van der Waals surface area contributed by atoms with Crippen LogP contribution in [0.25, 0.3) is 10.9 Å². The maximum absolute atomic E-state index is 15.3. The van der Waals surface area contributed by atoms with Crippen LogP contribution in [-0.4, -0.2) is 46.9 Å². The van der Waals surface area contributed by atoms with E-state index in [1.165, 1.54) is 4.57 Å². The molecule has 2 saturated carbocycles. The highest BCUT2D eigenvalue weighted by atomic mass is 32.2. The molecule has 0 radical (unpaired) electrons. The average Bonchev–Trinajstić information content (AvgIpc) is 3.61. The van der Waals surface area contributed by atoms with Gasteiger partial charge in [0.15, 0.2) is 5.75 Å². The van der Waals surface area contributed by atoms with Gasteiger partial charge in [0.05, 0.1) is 28.7 Å². The number of carbonyl (C=O) groups is 2. The lowest BCUT2D eigenvalue weighted by Crippen LogP contribution is -2.49. The Balaban J connectivity index is 1.91. The van der Waals surface area contributed by atoms with Crippen molar-refractivity contribution in [3.63, 3.8) is 0 Å². The number of pyridine rings is 1. The first-order valence-electron chi connectivity index (χ1n) is 10.8. The third-order valence-electron chi connectivity index (χ3n) is 6.37. The Morgan fingerprint density at radius 1 is 1.06 bits per heavy atom. The van der Waals surface area contributed by atoms with E-state index in [0.717, 1.165) is 12.3 Å². The van der Waals surface area contributed by atoms with E-state index >= 15 is 4.39 Å². The lowest BCUT2D eigenvalue weighted by molar-refractivity contribution is -0.142. The van der Waals surface area contributed by atoms with Crippen LogP contribution in [0.5, 0.6) is 5.75 Å². The molecule has 1 aromatic carbocycles. The first-order valence-corrected chi connectivity index (χ1v) is 12.3. The fourth-order valence-corrected chi connectivity index (χ4v) is 5.74. The van der Waals surface area contributed by atoms with Gasteiger partial charge in [-0.15, -0.1) is 0 Å². The number of fused-ring (bicyclic) bond motifs is 1. The third kappa shape index (κ3) is 4.58. The lowest BCUT2D eigenvalue weighted by atomic mass is 9.86. The summed E-state index contributed by atoms with van der Waals surface area (Å²) in [5.74, 6) is -4.13. The summed E-state index contributed by atoms with van der Waals surface area (Å²) >= 11 is 0. The molecule has 2 N–H and O–H groups in total. The highest BCUT2D eigenvalue weighted by Crippen LogP contribution is 2.42. The summed E-state index contributed by atoms with van der Waals surface area (Å²) in [6.07, 6.45) is -0.357. The van der Waals surface area contributed by atoms with E-state index in [0.29, 0.717) is 18.9 Å². The molecule has 2 aliphatic carbocycles. The quantitative estimate of drug-likeness (QED) is 0.419. The summed E-state index contributed by atoms with van der Waals surface area (Å²) in [6, 6.07) is -0.291. The molecule has 196 valence electrons. The zero-order valence-electron chi connectivity index (χ0n) is 18.4. The Morgan fingerprint density at radius 2 is 1.67 bits per heavy atom. The molecule has 0 unspecified atom stereocenters. The van der Waals surface area contributed by atoms with Gasteiger partial charge in [0.1, 0.15) is 5.82 Å². The number of aliphatic carboxylic acids is 1. The molecule has 0 atom stereocenters. The minimum absolute atomic E-state index is 0.0663. The van der Waals surface area contributed by atoms with Crippen LogP contribution in [-0.2, 0) is 14.8 Å². The van der Waals surface area contributed by atoms with Crippen molar-refractivity contribution in [2.24, 2.45) is 5.92 Å². The molecule has 0 saturated heterocycles. The molecule has 10 nitrogen and oxygen atoms in total. The maximum atomic E-state index is 15.3. The van der Waals surface area contributed by atoms with Crippen molar-refractivity contribution in [2.45, 2.75) is 56.1 Å². The van der Waals surface area contributed by atoms with Gasteiger partial charge in [0.2, 0.25) is 5.43 Å². The number of alkyl halides is 3. The van der Waals surface area contributed by atoms with Gasteiger partial charge in [-0.1, -0.05) is 0 Å². The number of hydrogen-bond donors (Lipinski definition) is 2. The normalized spacial score (nSPS) is 20.8. The van der Waals surface area contributed by atoms with E-state index < -0.39 is 67.7 Å². The van der Waals surface area contributed by atoms with Gasteiger partial charge >= 0.3 is 27.7 Å². The molecule has 1 aromatic heterocycles. The minimum atomic E-state index is -6.12. The zero-order valence-corrected chi connectivity index (χ0v) is 19.2. The molecule has 1 heterocycles. The Bertz CT molecular complexity index is 1390. The van der Waals surface area contributed by atoms with Crippen LogP contribution >= 0.6 is 0 Å². The first-order chi connectivity index (χ1) is 16.7. The van der Waals surface area contributed by atoms with Crippen molar-refractivity contribution in [2.75, 3.05) is 4.31 Å².